The molecular formula is C15H24N2O. The van der Waals surface area contributed by atoms with Crippen molar-refractivity contribution in [2.45, 2.75) is 46.1 Å². The van der Waals surface area contributed by atoms with Crippen LogP contribution in [0.3, 0.4) is 0 Å². The summed E-state index contributed by atoms with van der Waals surface area (Å²) >= 11 is 0. The molecule has 0 aliphatic heterocycles. The molecule has 1 aromatic carbocycles. The molecule has 1 aromatic rings. The van der Waals surface area contributed by atoms with E-state index < -0.39 is 6.04 Å². The van der Waals surface area contributed by atoms with E-state index in [9.17, 15) is 4.79 Å². The van der Waals surface area contributed by atoms with Gasteiger partial charge in [0.05, 0.1) is 6.04 Å². The zero-order valence-corrected chi connectivity index (χ0v) is 11.7. The maximum absolute atomic E-state index is 12.0. The van der Waals surface area contributed by atoms with Gasteiger partial charge >= 0.3 is 0 Å². The lowest BCUT2D eigenvalue weighted by Crippen LogP contribution is -2.40. The quantitative estimate of drug-likeness (QED) is 0.841. The average Bonchev–Trinajstić information content (AvgIpc) is 2.37. The second-order valence-electron chi connectivity index (χ2n) is 5.18. The molecule has 0 aliphatic carbocycles. The largest absolute Gasteiger partial charge is 0.325 e. The van der Waals surface area contributed by atoms with Gasteiger partial charge in [0.15, 0.2) is 0 Å². The lowest BCUT2D eigenvalue weighted by Gasteiger charge is -2.18. The molecule has 0 radical (unpaired) electrons. The minimum atomic E-state index is -0.447. The lowest BCUT2D eigenvalue weighted by molar-refractivity contribution is -0.118. The van der Waals surface area contributed by atoms with Crippen molar-refractivity contribution in [3.05, 3.63) is 29.8 Å². The van der Waals surface area contributed by atoms with Crippen molar-refractivity contribution in [2.75, 3.05) is 5.32 Å². The highest BCUT2D eigenvalue weighted by molar-refractivity contribution is 5.94. The van der Waals surface area contributed by atoms with Crippen LogP contribution < -0.4 is 11.1 Å². The van der Waals surface area contributed by atoms with E-state index in [1.54, 1.807) is 0 Å². The number of nitrogens with two attached hydrogens (primary N) is 1. The van der Waals surface area contributed by atoms with Crippen molar-refractivity contribution in [3.8, 4) is 0 Å². The molecule has 3 heteroatoms. The first-order valence-electron chi connectivity index (χ1n) is 6.62. The number of nitrogens with one attached hydrogen (secondary N) is 1. The number of rotatable bonds is 5. The summed E-state index contributed by atoms with van der Waals surface area (Å²) in [5.74, 6) is 0.536. The van der Waals surface area contributed by atoms with Crippen LogP contribution in [0.4, 0.5) is 5.69 Å². The van der Waals surface area contributed by atoms with Crippen LogP contribution in [0, 0.1) is 5.92 Å². The normalized spacial score (nSPS) is 14.3. The third-order valence-electron chi connectivity index (χ3n) is 3.38. The van der Waals surface area contributed by atoms with Gasteiger partial charge in [-0.1, -0.05) is 46.2 Å². The van der Waals surface area contributed by atoms with Crippen molar-refractivity contribution >= 4 is 11.6 Å². The zero-order chi connectivity index (χ0) is 13.7. The Morgan fingerprint density at radius 1 is 1.33 bits per heavy atom. The van der Waals surface area contributed by atoms with E-state index in [1.807, 2.05) is 32.0 Å². The molecule has 3 N–H and O–H groups in total. The maximum atomic E-state index is 12.0. The first kappa shape index (κ1) is 14.7. The molecule has 0 bridgehead atoms. The molecule has 0 heterocycles. The van der Waals surface area contributed by atoms with E-state index in [2.05, 4.69) is 25.2 Å². The number of amides is 1. The van der Waals surface area contributed by atoms with Crippen molar-refractivity contribution in [1.82, 2.24) is 0 Å². The summed E-state index contributed by atoms with van der Waals surface area (Å²) in [6.07, 6.45) is 0.903. The number of hydrogen-bond donors (Lipinski definition) is 2. The lowest BCUT2D eigenvalue weighted by atomic mass is 9.99. The van der Waals surface area contributed by atoms with Crippen molar-refractivity contribution in [3.63, 3.8) is 0 Å². The molecule has 0 spiro atoms. The predicted octanol–water partition coefficient (Wildman–Crippen LogP) is 3.12. The van der Waals surface area contributed by atoms with Crippen LogP contribution in [0.5, 0.6) is 0 Å². The van der Waals surface area contributed by atoms with Crippen molar-refractivity contribution in [2.24, 2.45) is 11.7 Å². The first-order valence-corrected chi connectivity index (χ1v) is 6.62. The van der Waals surface area contributed by atoms with Gasteiger partial charge in [0.25, 0.3) is 0 Å². The molecule has 0 aromatic heterocycles. The van der Waals surface area contributed by atoms with Crippen LogP contribution in [0.15, 0.2) is 24.3 Å². The number of hydrogen-bond acceptors (Lipinski definition) is 2. The Kier molecular flexibility index (Phi) is 5.35. The highest BCUT2D eigenvalue weighted by Gasteiger charge is 2.19. The predicted molar refractivity (Wildman–Crippen MR) is 76.6 cm³/mol. The average molecular weight is 248 g/mol. The summed E-state index contributed by atoms with van der Waals surface area (Å²) in [5, 5.41) is 2.89. The Balaban J connectivity index is 2.73. The fourth-order valence-electron chi connectivity index (χ4n) is 1.71. The smallest absolute Gasteiger partial charge is 0.241 e. The molecule has 18 heavy (non-hydrogen) atoms. The van der Waals surface area contributed by atoms with E-state index in [0.717, 1.165) is 12.1 Å². The third kappa shape index (κ3) is 3.84. The summed E-state index contributed by atoms with van der Waals surface area (Å²) in [6.45, 7) is 8.30. The van der Waals surface area contributed by atoms with E-state index in [-0.39, 0.29) is 11.8 Å². The number of anilines is 1. The molecule has 2 atom stereocenters. The minimum Gasteiger partial charge on any atom is -0.325 e. The second-order valence-corrected chi connectivity index (χ2v) is 5.18. The zero-order valence-electron chi connectivity index (χ0n) is 11.7. The molecule has 0 saturated carbocycles. The fraction of sp³-hybridized carbons (Fsp3) is 0.533. The van der Waals surface area contributed by atoms with E-state index in [1.165, 1.54) is 5.56 Å². The summed E-state index contributed by atoms with van der Waals surface area (Å²) in [4.78, 5) is 12.0. The molecule has 0 fully saturated rings. The monoisotopic (exact) mass is 248 g/mol. The topological polar surface area (TPSA) is 55.1 Å². The van der Waals surface area contributed by atoms with Crippen LogP contribution in [0.1, 0.15) is 45.6 Å². The molecule has 3 nitrogen and oxygen atoms in total. The molecule has 0 saturated heterocycles. The second kappa shape index (κ2) is 6.55. The molecule has 0 aliphatic rings. The summed E-state index contributed by atoms with van der Waals surface area (Å²) < 4.78 is 0. The van der Waals surface area contributed by atoms with Gasteiger partial charge in [-0.2, -0.15) is 0 Å². The van der Waals surface area contributed by atoms with Crippen LogP contribution >= 0.6 is 0 Å². The van der Waals surface area contributed by atoms with Crippen LogP contribution in [0.2, 0.25) is 0 Å². The molecule has 1 rings (SSSR count). The van der Waals surface area contributed by atoms with Crippen molar-refractivity contribution < 1.29 is 4.79 Å². The summed E-state index contributed by atoms with van der Waals surface area (Å²) in [6, 6.07) is 7.48. The minimum absolute atomic E-state index is 0.106. The van der Waals surface area contributed by atoms with Crippen LogP contribution in [-0.4, -0.2) is 11.9 Å². The van der Waals surface area contributed by atoms with Crippen LogP contribution in [-0.2, 0) is 4.79 Å². The first-order chi connectivity index (χ1) is 8.45. The van der Waals surface area contributed by atoms with E-state index in [0.29, 0.717) is 5.92 Å². The highest BCUT2D eigenvalue weighted by Crippen LogP contribution is 2.19. The highest BCUT2D eigenvalue weighted by atomic mass is 16.2. The number of benzene rings is 1. The maximum Gasteiger partial charge on any atom is 0.241 e. The molecule has 1 amide bonds. The Morgan fingerprint density at radius 3 is 2.56 bits per heavy atom. The Bertz CT molecular complexity index is 401. The van der Waals surface area contributed by atoms with E-state index in [4.69, 9.17) is 5.73 Å². The van der Waals surface area contributed by atoms with Gasteiger partial charge in [0.2, 0.25) is 5.91 Å². The molecule has 1 unspecified atom stereocenters. The number of carbonyl (C=O) groups excluding carboxylic acids is 1. The SMILES string of the molecule is CCC(C)[C@H](N)C(=O)Nc1cccc(C(C)C)c1. The van der Waals surface area contributed by atoms with Crippen LogP contribution in [0.25, 0.3) is 0 Å². The molecule has 100 valence electrons. The van der Waals surface area contributed by atoms with Gasteiger partial charge in [-0.25, -0.2) is 0 Å². The van der Waals surface area contributed by atoms with Gasteiger partial charge < -0.3 is 11.1 Å². The summed E-state index contributed by atoms with van der Waals surface area (Å²) in [5.41, 5.74) is 7.94. The Hall–Kier alpha value is -1.35. The summed E-state index contributed by atoms with van der Waals surface area (Å²) in [7, 11) is 0. The van der Waals surface area contributed by atoms with E-state index >= 15 is 0 Å². The fourth-order valence-corrected chi connectivity index (χ4v) is 1.71. The van der Waals surface area contributed by atoms with Gasteiger partial charge in [-0.3, -0.25) is 4.79 Å². The molecular weight excluding hydrogens is 224 g/mol. The Morgan fingerprint density at radius 2 is 2.00 bits per heavy atom. The third-order valence-corrected chi connectivity index (χ3v) is 3.38. The standard InChI is InChI=1S/C15H24N2O/c1-5-11(4)14(16)15(18)17-13-8-6-7-12(9-13)10(2)3/h6-11,14H,5,16H2,1-4H3,(H,17,18)/t11?,14-/m0/s1. The van der Waals surface area contributed by atoms with Gasteiger partial charge in [0, 0.05) is 5.69 Å². The van der Waals surface area contributed by atoms with Gasteiger partial charge in [-0.05, 0) is 29.5 Å². The number of carbonyl (C=O) groups is 1. The van der Waals surface area contributed by atoms with Crippen molar-refractivity contribution in [1.29, 1.82) is 0 Å². The Labute approximate surface area is 110 Å². The van der Waals surface area contributed by atoms with Gasteiger partial charge in [-0.15, -0.1) is 0 Å². The van der Waals surface area contributed by atoms with Gasteiger partial charge in [0.1, 0.15) is 0 Å².